The first kappa shape index (κ1) is 18.2. The number of aromatic nitrogens is 1. The first-order valence-corrected chi connectivity index (χ1v) is 11.0. The van der Waals surface area contributed by atoms with Gasteiger partial charge in [-0.25, -0.2) is 14.4 Å². The second-order valence-electron chi connectivity index (χ2n) is 8.96. The van der Waals surface area contributed by atoms with E-state index in [9.17, 15) is 4.39 Å². The van der Waals surface area contributed by atoms with E-state index in [1.807, 2.05) is 29.7 Å². The Kier molecular flexibility index (Phi) is 4.39. The summed E-state index contributed by atoms with van der Waals surface area (Å²) in [5.74, 6) is 2.62. The molecule has 1 aromatic carbocycles. The van der Waals surface area contributed by atoms with Gasteiger partial charge in [0.2, 0.25) is 0 Å². The fourth-order valence-corrected chi connectivity index (χ4v) is 5.29. The van der Waals surface area contributed by atoms with E-state index in [0.717, 1.165) is 17.9 Å². The lowest BCUT2D eigenvalue weighted by Crippen LogP contribution is -2.39. The highest BCUT2D eigenvalue weighted by atomic mass is 19.1. The zero-order valence-electron chi connectivity index (χ0n) is 16.9. The van der Waals surface area contributed by atoms with Crippen LogP contribution >= 0.6 is 0 Å². The number of halogens is 1. The monoisotopic (exact) mass is 406 g/mol. The number of rotatable bonds is 5. The summed E-state index contributed by atoms with van der Waals surface area (Å²) in [4.78, 5) is 7.66. The molecule has 156 valence electrons. The summed E-state index contributed by atoms with van der Waals surface area (Å²) in [5, 5.41) is 5.80. The number of aromatic amines is 1. The molecule has 3 heterocycles. The highest BCUT2D eigenvalue weighted by Crippen LogP contribution is 2.47. The average Bonchev–Trinajstić information content (AvgIpc) is 3.18. The zero-order valence-corrected chi connectivity index (χ0v) is 16.9. The second-order valence-corrected chi connectivity index (χ2v) is 8.96. The third-order valence-electron chi connectivity index (χ3n) is 7.11. The standard InChI is InChI=1S/C23H27FN6/c24-17-5-1-14(2-6-17)20-11-16(20)12-26-18-7-3-15(4-8-18)21-22-19-9-10-25-23(19)27-13-30(22)29-28-21/h1-2,5-6,9-10,13,15-16,18,20,25-26,28-29H,3-4,7-8,11-12H2/t15?,16-,18?,20-/m0/s1. The van der Waals surface area contributed by atoms with Crippen LogP contribution in [0.3, 0.4) is 0 Å². The van der Waals surface area contributed by atoms with Crippen LogP contribution in [0.2, 0.25) is 0 Å². The van der Waals surface area contributed by atoms with Crippen molar-refractivity contribution in [3.8, 4) is 0 Å². The Morgan fingerprint density at radius 2 is 1.93 bits per heavy atom. The molecule has 2 saturated carbocycles. The molecule has 0 amide bonds. The summed E-state index contributed by atoms with van der Waals surface area (Å²) in [6.07, 6.45) is 9.76. The Labute approximate surface area is 175 Å². The Morgan fingerprint density at radius 3 is 2.77 bits per heavy atom. The molecule has 0 radical (unpaired) electrons. The molecule has 4 aliphatic rings. The molecule has 2 aliphatic carbocycles. The van der Waals surface area contributed by atoms with Crippen LogP contribution in [-0.2, 0) is 0 Å². The fraction of sp³-hybridized carbons (Fsp3) is 0.435. The van der Waals surface area contributed by atoms with Crippen LogP contribution in [0.4, 0.5) is 10.2 Å². The summed E-state index contributed by atoms with van der Waals surface area (Å²) >= 11 is 0. The summed E-state index contributed by atoms with van der Waals surface area (Å²) in [7, 11) is 0. The second kappa shape index (κ2) is 7.25. The van der Waals surface area contributed by atoms with Gasteiger partial charge in [0.05, 0.1) is 11.4 Å². The number of allylic oxidation sites excluding steroid dienone is 1. The van der Waals surface area contributed by atoms with Gasteiger partial charge in [-0.05, 0) is 74.2 Å². The van der Waals surface area contributed by atoms with Crippen LogP contribution in [-0.4, -0.2) is 28.9 Å². The largest absolute Gasteiger partial charge is 0.346 e. The van der Waals surface area contributed by atoms with Crippen molar-refractivity contribution < 1.29 is 4.39 Å². The van der Waals surface area contributed by atoms with E-state index in [2.05, 4.69) is 32.3 Å². The summed E-state index contributed by atoms with van der Waals surface area (Å²) in [6, 6.07) is 9.74. The number of hydrogen-bond acceptors (Lipinski definition) is 5. The molecule has 6 nitrogen and oxygen atoms in total. The van der Waals surface area contributed by atoms with Gasteiger partial charge in [-0.2, -0.15) is 0 Å². The van der Waals surface area contributed by atoms with Crippen LogP contribution in [0.25, 0.3) is 5.70 Å². The normalized spacial score (nSPS) is 29.6. The number of H-pyrrole nitrogens is 1. The third kappa shape index (κ3) is 3.22. The van der Waals surface area contributed by atoms with Crippen molar-refractivity contribution in [2.24, 2.45) is 16.8 Å². The van der Waals surface area contributed by atoms with Gasteiger partial charge in [0, 0.05) is 23.7 Å². The molecule has 1 aromatic heterocycles. The average molecular weight is 407 g/mol. The topological polar surface area (TPSA) is 67.5 Å². The Bertz CT molecular complexity index is 985. The fourth-order valence-electron chi connectivity index (χ4n) is 5.29. The number of fused-ring (bicyclic) bond motifs is 3. The summed E-state index contributed by atoms with van der Waals surface area (Å²) < 4.78 is 13.1. The van der Waals surface area contributed by atoms with E-state index in [1.165, 1.54) is 49.1 Å². The van der Waals surface area contributed by atoms with Gasteiger partial charge in [-0.1, -0.05) is 12.1 Å². The van der Waals surface area contributed by atoms with Crippen LogP contribution in [0.5, 0.6) is 0 Å². The smallest absolute Gasteiger partial charge is 0.141 e. The van der Waals surface area contributed by atoms with Crippen molar-refractivity contribution in [3.63, 3.8) is 0 Å². The van der Waals surface area contributed by atoms with Crippen molar-refractivity contribution in [3.05, 3.63) is 59.2 Å². The zero-order chi connectivity index (χ0) is 20.1. The van der Waals surface area contributed by atoms with Crippen molar-refractivity contribution in [1.29, 1.82) is 0 Å². The van der Waals surface area contributed by atoms with E-state index in [4.69, 9.17) is 0 Å². The lowest BCUT2D eigenvalue weighted by atomic mass is 9.83. The number of aliphatic imine (C=N–C) groups is 1. The molecule has 0 unspecified atom stereocenters. The minimum atomic E-state index is -0.148. The van der Waals surface area contributed by atoms with Crippen LogP contribution in [0, 0.1) is 17.7 Å². The Balaban J connectivity index is 1.04. The van der Waals surface area contributed by atoms with Crippen molar-refractivity contribution in [2.45, 2.75) is 44.1 Å². The molecule has 0 saturated heterocycles. The molecule has 4 N–H and O–H groups in total. The van der Waals surface area contributed by atoms with E-state index in [-0.39, 0.29) is 5.82 Å². The molecule has 6 rings (SSSR count). The van der Waals surface area contributed by atoms with Crippen molar-refractivity contribution >= 4 is 17.9 Å². The molecule has 2 aliphatic heterocycles. The van der Waals surface area contributed by atoms with Crippen molar-refractivity contribution in [2.75, 3.05) is 6.54 Å². The predicted molar refractivity (Wildman–Crippen MR) is 115 cm³/mol. The number of hydrogen-bond donors (Lipinski definition) is 4. The van der Waals surface area contributed by atoms with E-state index in [1.54, 1.807) is 12.1 Å². The number of nitrogens with one attached hydrogen (secondary N) is 4. The molecule has 2 atom stereocenters. The maximum Gasteiger partial charge on any atom is 0.141 e. The van der Waals surface area contributed by atoms with Gasteiger partial charge in [0.1, 0.15) is 18.0 Å². The molecular weight excluding hydrogens is 379 g/mol. The molecular formula is C23H27FN6. The molecule has 0 spiro atoms. The molecule has 2 fully saturated rings. The summed E-state index contributed by atoms with van der Waals surface area (Å²) in [6.45, 7) is 1.07. The Hall–Kier alpha value is -2.64. The highest BCUT2D eigenvalue weighted by molar-refractivity contribution is 5.87. The minimum Gasteiger partial charge on any atom is -0.346 e. The first-order chi connectivity index (χ1) is 14.8. The Morgan fingerprint density at radius 1 is 1.10 bits per heavy atom. The van der Waals surface area contributed by atoms with E-state index < -0.39 is 0 Å². The van der Waals surface area contributed by atoms with E-state index in [0.29, 0.717) is 23.8 Å². The van der Waals surface area contributed by atoms with Crippen molar-refractivity contribution in [1.82, 2.24) is 26.3 Å². The SMILES string of the molecule is Fc1ccc([C@@H]2C[C@H]2CNC2CCC(C3=C4c5cc[nH]c5N=CN4NN3)CC2)cc1. The van der Waals surface area contributed by atoms with Gasteiger partial charge in [-0.3, -0.25) is 0 Å². The van der Waals surface area contributed by atoms with Gasteiger partial charge >= 0.3 is 0 Å². The van der Waals surface area contributed by atoms with Crippen LogP contribution < -0.4 is 16.3 Å². The predicted octanol–water partition coefficient (Wildman–Crippen LogP) is 3.77. The minimum absolute atomic E-state index is 0.148. The number of benzene rings is 1. The molecule has 2 aromatic rings. The molecule has 30 heavy (non-hydrogen) atoms. The molecule has 7 heteroatoms. The lowest BCUT2D eigenvalue weighted by Gasteiger charge is -2.30. The molecule has 0 bridgehead atoms. The van der Waals surface area contributed by atoms with Crippen LogP contribution in [0.1, 0.15) is 49.1 Å². The third-order valence-corrected chi connectivity index (χ3v) is 7.11. The lowest BCUT2D eigenvalue weighted by molar-refractivity contribution is 0.304. The van der Waals surface area contributed by atoms with Gasteiger partial charge < -0.3 is 15.7 Å². The van der Waals surface area contributed by atoms with Gasteiger partial charge in [0.25, 0.3) is 0 Å². The number of nitrogens with zero attached hydrogens (tertiary/aromatic N) is 2. The summed E-state index contributed by atoms with van der Waals surface area (Å²) in [5.41, 5.74) is 11.6. The van der Waals surface area contributed by atoms with Gasteiger partial charge in [-0.15, -0.1) is 5.53 Å². The first-order valence-electron chi connectivity index (χ1n) is 11.0. The van der Waals surface area contributed by atoms with Gasteiger partial charge in [0.15, 0.2) is 0 Å². The quantitative estimate of drug-likeness (QED) is 0.610. The maximum atomic E-state index is 13.1. The van der Waals surface area contributed by atoms with Crippen LogP contribution in [0.15, 0.2) is 47.2 Å². The maximum absolute atomic E-state index is 13.1. The number of hydrazine groups is 2. The highest BCUT2D eigenvalue weighted by Gasteiger charge is 2.39. The van der Waals surface area contributed by atoms with E-state index >= 15 is 0 Å².